The number of unbranched alkanes of at least 4 members (excludes halogenated alkanes) is 2. The van der Waals surface area contributed by atoms with Crippen molar-refractivity contribution in [3.63, 3.8) is 0 Å². The van der Waals surface area contributed by atoms with Gasteiger partial charge in [0.1, 0.15) is 0 Å². The lowest BCUT2D eigenvalue weighted by Gasteiger charge is -2.22. The van der Waals surface area contributed by atoms with Crippen LogP contribution in [0.5, 0.6) is 0 Å². The van der Waals surface area contributed by atoms with Crippen LogP contribution in [-0.4, -0.2) is 19.0 Å². The maximum atomic E-state index is 5.69. The van der Waals surface area contributed by atoms with Crippen LogP contribution < -0.4 is 11.1 Å². The first-order valence-corrected chi connectivity index (χ1v) is 6.05. The van der Waals surface area contributed by atoms with Crippen LogP contribution in [-0.2, 0) is 0 Å². The molecule has 0 saturated heterocycles. The van der Waals surface area contributed by atoms with E-state index in [1.165, 1.54) is 25.7 Å². The lowest BCUT2D eigenvalue weighted by Crippen LogP contribution is -2.32. The number of nitrogens with two attached hydrogens (primary N) is 1. The third-order valence-corrected chi connectivity index (χ3v) is 2.49. The molecule has 0 rings (SSSR count). The van der Waals surface area contributed by atoms with Crippen molar-refractivity contribution in [3.8, 4) is 0 Å². The van der Waals surface area contributed by atoms with Crippen molar-refractivity contribution in [2.75, 3.05) is 13.1 Å². The van der Waals surface area contributed by atoms with Gasteiger partial charge in [-0.3, -0.25) is 4.99 Å². The summed E-state index contributed by atoms with van der Waals surface area (Å²) in [5.74, 6) is 0.570. The second kappa shape index (κ2) is 10.2. The van der Waals surface area contributed by atoms with Crippen molar-refractivity contribution in [1.82, 2.24) is 5.32 Å². The molecule has 0 aliphatic heterocycles. The van der Waals surface area contributed by atoms with E-state index in [1.54, 1.807) is 0 Å². The molecule has 0 heterocycles. The Balaban J connectivity index is 0. The van der Waals surface area contributed by atoms with Crippen molar-refractivity contribution >= 4 is 29.9 Å². The normalized spacial score (nSPS) is 12.1. The summed E-state index contributed by atoms with van der Waals surface area (Å²) in [5, 5.41) is 3.01. The summed E-state index contributed by atoms with van der Waals surface area (Å²) in [7, 11) is 0. The quantitative estimate of drug-likeness (QED) is 0.323. The van der Waals surface area contributed by atoms with Gasteiger partial charge in [-0.05, 0) is 18.8 Å². The average molecular weight is 341 g/mol. The van der Waals surface area contributed by atoms with Gasteiger partial charge in [0.15, 0.2) is 5.96 Å². The van der Waals surface area contributed by atoms with Gasteiger partial charge in [-0.1, -0.05) is 40.0 Å². The Labute approximate surface area is 118 Å². The molecule has 0 spiro atoms. The van der Waals surface area contributed by atoms with E-state index < -0.39 is 0 Å². The molecule has 0 aliphatic carbocycles. The first kappa shape index (κ1) is 18.4. The first-order valence-electron chi connectivity index (χ1n) is 6.05. The van der Waals surface area contributed by atoms with Crippen molar-refractivity contribution < 1.29 is 0 Å². The Morgan fingerprint density at radius 1 is 1.25 bits per heavy atom. The van der Waals surface area contributed by atoms with Gasteiger partial charge >= 0.3 is 0 Å². The van der Waals surface area contributed by atoms with Crippen LogP contribution in [0.25, 0.3) is 0 Å². The van der Waals surface area contributed by atoms with Crippen LogP contribution in [0.1, 0.15) is 53.4 Å². The molecule has 16 heavy (non-hydrogen) atoms. The monoisotopic (exact) mass is 341 g/mol. The van der Waals surface area contributed by atoms with E-state index in [0.717, 1.165) is 13.1 Å². The van der Waals surface area contributed by atoms with Crippen LogP contribution in [0.4, 0.5) is 0 Å². The van der Waals surface area contributed by atoms with Gasteiger partial charge in [0, 0.05) is 13.1 Å². The Morgan fingerprint density at radius 3 is 2.38 bits per heavy atom. The molecule has 3 N–H and O–H groups in total. The minimum Gasteiger partial charge on any atom is -0.370 e. The summed E-state index contributed by atoms with van der Waals surface area (Å²) < 4.78 is 0. The third kappa shape index (κ3) is 10.5. The summed E-state index contributed by atoms with van der Waals surface area (Å²) in [4.78, 5) is 4.35. The summed E-state index contributed by atoms with van der Waals surface area (Å²) in [6, 6.07) is 0. The Bertz CT molecular complexity index is 191. The zero-order valence-electron chi connectivity index (χ0n) is 11.2. The maximum absolute atomic E-state index is 5.69. The molecule has 0 amide bonds. The van der Waals surface area contributed by atoms with Crippen LogP contribution in [0.15, 0.2) is 4.99 Å². The molecule has 3 nitrogen and oxygen atoms in total. The van der Waals surface area contributed by atoms with Crippen molar-refractivity contribution in [2.45, 2.75) is 53.4 Å². The first-order chi connectivity index (χ1) is 7.02. The molecular formula is C12H28IN3. The van der Waals surface area contributed by atoms with Gasteiger partial charge in [0.05, 0.1) is 0 Å². The molecule has 0 fully saturated rings. The number of nitrogens with one attached hydrogen (secondary N) is 1. The molecule has 0 atom stereocenters. The van der Waals surface area contributed by atoms with Gasteiger partial charge in [-0.15, -0.1) is 24.0 Å². The summed E-state index contributed by atoms with van der Waals surface area (Å²) in [6.07, 6.45) is 5.11. The van der Waals surface area contributed by atoms with Gasteiger partial charge in [-0.25, -0.2) is 0 Å². The Kier molecular flexibility index (Phi) is 11.7. The van der Waals surface area contributed by atoms with Crippen molar-refractivity contribution in [1.29, 1.82) is 0 Å². The van der Waals surface area contributed by atoms with E-state index in [2.05, 4.69) is 31.1 Å². The molecule has 0 unspecified atom stereocenters. The largest absolute Gasteiger partial charge is 0.370 e. The number of halogens is 1. The highest BCUT2D eigenvalue weighted by Crippen LogP contribution is 2.23. The van der Waals surface area contributed by atoms with Crippen LogP contribution in [0, 0.1) is 5.41 Å². The van der Waals surface area contributed by atoms with Gasteiger partial charge in [-0.2, -0.15) is 0 Å². The van der Waals surface area contributed by atoms with E-state index in [1.807, 2.05) is 6.92 Å². The number of aliphatic imine (C=N–C) groups is 1. The summed E-state index contributed by atoms with van der Waals surface area (Å²) >= 11 is 0. The fourth-order valence-electron chi connectivity index (χ4n) is 1.47. The second-order valence-corrected chi connectivity index (χ2v) is 4.85. The molecule has 0 bridgehead atoms. The van der Waals surface area contributed by atoms with E-state index >= 15 is 0 Å². The fourth-order valence-corrected chi connectivity index (χ4v) is 1.47. The van der Waals surface area contributed by atoms with Gasteiger partial charge in [0.2, 0.25) is 0 Å². The highest BCUT2D eigenvalue weighted by atomic mass is 127. The van der Waals surface area contributed by atoms with Crippen LogP contribution >= 0.6 is 24.0 Å². The summed E-state index contributed by atoms with van der Waals surface area (Å²) in [6.45, 7) is 10.4. The predicted octanol–water partition coefficient (Wildman–Crippen LogP) is 3.14. The van der Waals surface area contributed by atoms with E-state index in [-0.39, 0.29) is 29.4 Å². The molecule has 0 aromatic rings. The topological polar surface area (TPSA) is 50.4 Å². The van der Waals surface area contributed by atoms with Gasteiger partial charge < -0.3 is 11.1 Å². The Hall–Kier alpha value is 0. The highest BCUT2D eigenvalue weighted by molar-refractivity contribution is 14.0. The second-order valence-electron chi connectivity index (χ2n) is 4.85. The Morgan fingerprint density at radius 2 is 1.88 bits per heavy atom. The molecule has 98 valence electrons. The third-order valence-electron chi connectivity index (χ3n) is 2.49. The van der Waals surface area contributed by atoms with E-state index in [4.69, 9.17) is 5.73 Å². The smallest absolute Gasteiger partial charge is 0.188 e. The fraction of sp³-hybridized carbons (Fsp3) is 0.917. The average Bonchev–Trinajstić information content (AvgIpc) is 2.16. The number of guanidine groups is 1. The number of hydrogen-bond acceptors (Lipinski definition) is 1. The number of hydrogen-bond donors (Lipinski definition) is 2. The molecule has 0 saturated carbocycles. The highest BCUT2D eigenvalue weighted by Gasteiger charge is 2.16. The molecule has 0 radical (unpaired) electrons. The lowest BCUT2D eigenvalue weighted by molar-refractivity contribution is 0.333. The predicted molar refractivity (Wildman–Crippen MR) is 83.5 cm³/mol. The van der Waals surface area contributed by atoms with Crippen molar-refractivity contribution in [3.05, 3.63) is 0 Å². The van der Waals surface area contributed by atoms with Crippen LogP contribution in [0.3, 0.4) is 0 Å². The number of rotatable bonds is 7. The van der Waals surface area contributed by atoms with E-state index in [9.17, 15) is 0 Å². The molecule has 0 aromatic carbocycles. The standard InChI is InChI=1S/C12H27N3.HI/c1-5-7-8-9-12(3,4)10-15-11(13)14-6-2;/h5-10H2,1-4H3,(H3,13,14,15);1H. The van der Waals surface area contributed by atoms with Gasteiger partial charge in [0.25, 0.3) is 0 Å². The lowest BCUT2D eigenvalue weighted by atomic mass is 9.87. The van der Waals surface area contributed by atoms with E-state index in [0.29, 0.717) is 5.96 Å². The molecule has 4 heteroatoms. The molecular weight excluding hydrogens is 313 g/mol. The van der Waals surface area contributed by atoms with Crippen molar-refractivity contribution in [2.24, 2.45) is 16.1 Å². The maximum Gasteiger partial charge on any atom is 0.188 e. The SMILES string of the molecule is CCCCCC(C)(C)CN=C(N)NCC.I. The summed E-state index contributed by atoms with van der Waals surface area (Å²) in [5.41, 5.74) is 5.96. The zero-order valence-corrected chi connectivity index (χ0v) is 13.5. The minimum absolute atomic E-state index is 0. The minimum atomic E-state index is 0. The molecule has 0 aromatic heterocycles. The van der Waals surface area contributed by atoms with Crippen LogP contribution in [0.2, 0.25) is 0 Å². The zero-order chi connectivity index (χ0) is 11.7. The number of nitrogens with zero attached hydrogens (tertiary/aromatic N) is 1. The molecule has 0 aliphatic rings.